The van der Waals surface area contributed by atoms with Crippen molar-refractivity contribution >= 4 is 28.9 Å². The summed E-state index contributed by atoms with van der Waals surface area (Å²) in [5.41, 5.74) is 14.0. The topological polar surface area (TPSA) is 118 Å². The van der Waals surface area contributed by atoms with E-state index in [0.717, 1.165) is 5.56 Å². The highest BCUT2D eigenvalue weighted by Gasteiger charge is 2.08. The van der Waals surface area contributed by atoms with Crippen LogP contribution in [0.3, 0.4) is 0 Å². The number of hydrogen-bond acceptors (Lipinski definition) is 4. The number of carbonyl (C=O) groups is 2. The Morgan fingerprint density at radius 1 is 1.00 bits per heavy atom. The number of carboxylic acids is 1. The van der Waals surface area contributed by atoms with Crippen LogP contribution in [0.1, 0.15) is 22.3 Å². The van der Waals surface area contributed by atoms with Gasteiger partial charge in [0.25, 0.3) is 5.91 Å². The van der Waals surface area contributed by atoms with Crippen molar-refractivity contribution in [3.05, 3.63) is 53.6 Å². The molecule has 114 valence electrons. The summed E-state index contributed by atoms with van der Waals surface area (Å²) >= 11 is 0. The van der Waals surface area contributed by atoms with Gasteiger partial charge in [-0.15, -0.1) is 0 Å². The predicted octanol–water partition coefficient (Wildman–Crippen LogP) is 2.12. The number of carbonyl (C=O) groups excluding carboxylic acids is 1. The smallest absolute Gasteiger partial charge is 0.303 e. The quantitative estimate of drug-likeness (QED) is 0.631. The minimum absolute atomic E-state index is 0.0798. The summed E-state index contributed by atoms with van der Waals surface area (Å²) in [7, 11) is 0. The molecule has 22 heavy (non-hydrogen) atoms. The number of amides is 1. The van der Waals surface area contributed by atoms with Gasteiger partial charge < -0.3 is 21.9 Å². The molecular formula is C16H17N3O3. The molecular weight excluding hydrogens is 282 g/mol. The Bertz CT molecular complexity index is 696. The molecule has 0 aromatic heterocycles. The normalized spacial score (nSPS) is 10.2. The largest absolute Gasteiger partial charge is 0.481 e. The maximum Gasteiger partial charge on any atom is 0.303 e. The van der Waals surface area contributed by atoms with Crippen molar-refractivity contribution < 1.29 is 14.7 Å². The summed E-state index contributed by atoms with van der Waals surface area (Å²) in [4.78, 5) is 22.6. The zero-order valence-electron chi connectivity index (χ0n) is 11.9. The van der Waals surface area contributed by atoms with Crippen molar-refractivity contribution in [3.8, 4) is 0 Å². The van der Waals surface area contributed by atoms with Gasteiger partial charge in [0.2, 0.25) is 0 Å². The second kappa shape index (κ2) is 6.62. The van der Waals surface area contributed by atoms with Crippen molar-refractivity contribution in [2.75, 3.05) is 16.8 Å². The van der Waals surface area contributed by atoms with E-state index in [1.807, 2.05) is 0 Å². The number of aliphatic carboxylic acids is 1. The first-order chi connectivity index (χ1) is 10.5. The second-order valence-corrected chi connectivity index (χ2v) is 4.89. The third-order valence-corrected chi connectivity index (χ3v) is 3.19. The maximum absolute atomic E-state index is 12.1. The van der Waals surface area contributed by atoms with Gasteiger partial charge in [-0.25, -0.2) is 0 Å². The minimum atomic E-state index is -0.835. The van der Waals surface area contributed by atoms with E-state index < -0.39 is 5.97 Å². The summed E-state index contributed by atoms with van der Waals surface area (Å²) in [6.07, 6.45) is 0.536. The van der Waals surface area contributed by atoms with E-state index in [4.69, 9.17) is 16.6 Å². The number of aryl methyl sites for hydroxylation is 1. The fourth-order valence-corrected chi connectivity index (χ4v) is 1.93. The van der Waals surface area contributed by atoms with Crippen LogP contribution in [0.25, 0.3) is 0 Å². The fraction of sp³-hybridized carbons (Fsp3) is 0.125. The third kappa shape index (κ3) is 3.99. The summed E-state index contributed by atoms with van der Waals surface area (Å²) in [5, 5.41) is 11.4. The average molecular weight is 299 g/mol. The molecule has 0 saturated carbocycles. The molecule has 6 nitrogen and oxygen atoms in total. The van der Waals surface area contributed by atoms with Crippen molar-refractivity contribution in [3.63, 3.8) is 0 Å². The van der Waals surface area contributed by atoms with Crippen LogP contribution in [0.2, 0.25) is 0 Å². The van der Waals surface area contributed by atoms with E-state index in [1.165, 1.54) is 6.07 Å². The van der Waals surface area contributed by atoms with Crippen LogP contribution in [0.15, 0.2) is 42.5 Å². The lowest BCUT2D eigenvalue weighted by Crippen LogP contribution is -2.12. The van der Waals surface area contributed by atoms with Gasteiger partial charge in [0.05, 0.1) is 11.4 Å². The fourth-order valence-electron chi connectivity index (χ4n) is 1.93. The average Bonchev–Trinajstić information content (AvgIpc) is 2.49. The molecule has 2 aromatic rings. The van der Waals surface area contributed by atoms with Gasteiger partial charge in [-0.05, 0) is 42.3 Å². The van der Waals surface area contributed by atoms with Crippen LogP contribution in [0.4, 0.5) is 17.1 Å². The molecule has 6 N–H and O–H groups in total. The van der Waals surface area contributed by atoms with E-state index in [-0.39, 0.29) is 12.3 Å². The molecule has 0 bridgehead atoms. The number of carboxylic acid groups (broad SMARTS) is 1. The lowest BCUT2D eigenvalue weighted by molar-refractivity contribution is -0.136. The van der Waals surface area contributed by atoms with E-state index >= 15 is 0 Å². The Morgan fingerprint density at radius 3 is 2.27 bits per heavy atom. The van der Waals surface area contributed by atoms with Crippen LogP contribution in [-0.2, 0) is 11.2 Å². The van der Waals surface area contributed by atoms with Gasteiger partial charge in [-0.2, -0.15) is 0 Å². The van der Waals surface area contributed by atoms with Gasteiger partial charge in [0, 0.05) is 17.7 Å². The maximum atomic E-state index is 12.1. The molecule has 2 aromatic carbocycles. The van der Waals surface area contributed by atoms with Crippen LogP contribution in [0.5, 0.6) is 0 Å². The predicted molar refractivity (Wildman–Crippen MR) is 85.6 cm³/mol. The molecule has 0 unspecified atom stereocenters. The Morgan fingerprint density at radius 2 is 1.68 bits per heavy atom. The van der Waals surface area contributed by atoms with Crippen LogP contribution < -0.4 is 16.8 Å². The number of hydrogen-bond donors (Lipinski definition) is 4. The summed E-state index contributed by atoms with van der Waals surface area (Å²) in [6, 6.07) is 11.7. The minimum Gasteiger partial charge on any atom is -0.481 e. The molecule has 0 aliphatic carbocycles. The molecule has 6 heteroatoms. The molecule has 1 amide bonds. The van der Waals surface area contributed by atoms with Crippen molar-refractivity contribution in [1.29, 1.82) is 0 Å². The highest BCUT2D eigenvalue weighted by Crippen LogP contribution is 2.18. The summed E-state index contributed by atoms with van der Waals surface area (Å²) in [5.74, 6) is -1.12. The second-order valence-electron chi connectivity index (χ2n) is 4.89. The number of rotatable bonds is 5. The lowest BCUT2D eigenvalue weighted by atomic mass is 10.1. The molecule has 0 aliphatic rings. The Labute approximate surface area is 127 Å². The first-order valence-electron chi connectivity index (χ1n) is 6.73. The van der Waals surface area contributed by atoms with E-state index in [1.54, 1.807) is 36.4 Å². The number of nitrogens with two attached hydrogens (primary N) is 2. The van der Waals surface area contributed by atoms with E-state index in [9.17, 15) is 9.59 Å². The molecule has 0 fully saturated rings. The Kier molecular flexibility index (Phi) is 4.63. The zero-order chi connectivity index (χ0) is 16.1. The van der Waals surface area contributed by atoms with Gasteiger partial charge in [-0.3, -0.25) is 9.59 Å². The Balaban J connectivity index is 2.02. The highest BCUT2D eigenvalue weighted by molar-refractivity contribution is 6.05. The molecule has 0 atom stereocenters. The van der Waals surface area contributed by atoms with Gasteiger partial charge in [0.15, 0.2) is 0 Å². The SMILES string of the molecule is Nc1ccc(C(=O)Nc2ccc(CCC(=O)O)cc2)cc1N. The number of nitrogen functional groups attached to an aromatic ring is 2. The standard InChI is InChI=1S/C16H17N3O3/c17-13-7-4-11(9-14(13)18)16(22)19-12-5-1-10(2-6-12)3-8-15(20)21/h1-2,4-7,9H,3,8,17-18H2,(H,19,22)(H,20,21). The van der Waals surface area contributed by atoms with Crippen LogP contribution in [0, 0.1) is 0 Å². The van der Waals surface area contributed by atoms with E-state index in [2.05, 4.69) is 5.32 Å². The zero-order valence-corrected chi connectivity index (χ0v) is 11.9. The van der Waals surface area contributed by atoms with Gasteiger partial charge >= 0.3 is 5.97 Å². The summed E-state index contributed by atoms with van der Waals surface area (Å²) < 4.78 is 0. The number of anilines is 3. The summed E-state index contributed by atoms with van der Waals surface area (Å²) in [6.45, 7) is 0. The first-order valence-corrected chi connectivity index (χ1v) is 6.73. The number of benzene rings is 2. The van der Waals surface area contributed by atoms with Crippen molar-refractivity contribution in [1.82, 2.24) is 0 Å². The highest BCUT2D eigenvalue weighted by atomic mass is 16.4. The van der Waals surface area contributed by atoms with Gasteiger partial charge in [-0.1, -0.05) is 12.1 Å². The molecule has 0 spiro atoms. The molecule has 2 rings (SSSR count). The number of nitrogens with one attached hydrogen (secondary N) is 1. The molecule has 0 heterocycles. The lowest BCUT2D eigenvalue weighted by Gasteiger charge is -2.08. The van der Waals surface area contributed by atoms with E-state index in [0.29, 0.717) is 29.0 Å². The van der Waals surface area contributed by atoms with Crippen molar-refractivity contribution in [2.45, 2.75) is 12.8 Å². The molecule has 0 saturated heterocycles. The van der Waals surface area contributed by atoms with Crippen molar-refractivity contribution in [2.24, 2.45) is 0 Å². The first kappa shape index (κ1) is 15.4. The van der Waals surface area contributed by atoms with Crippen LogP contribution in [-0.4, -0.2) is 17.0 Å². The Hall–Kier alpha value is -3.02. The van der Waals surface area contributed by atoms with Crippen LogP contribution >= 0.6 is 0 Å². The molecule has 0 aliphatic heterocycles. The third-order valence-electron chi connectivity index (χ3n) is 3.19. The molecule has 0 radical (unpaired) electrons. The monoisotopic (exact) mass is 299 g/mol. The van der Waals surface area contributed by atoms with Gasteiger partial charge in [0.1, 0.15) is 0 Å².